The molecule has 0 atom stereocenters. The summed E-state index contributed by atoms with van der Waals surface area (Å²) in [5, 5.41) is 8.63. The average Bonchev–Trinajstić information content (AvgIpc) is 3.09. The summed E-state index contributed by atoms with van der Waals surface area (Å²) in [6, 6.07) is 16.6. The van der Waals surface area contributed by atoms with Gasteiger partial charge in [-0.1, -0.05) is 48.5 Å². The molecule has 0 fully saturated rings. The van der Waals surface area contributed by atoms with Gasteiger partial charge in [-0.25, -0.2) is 9.67 Å². The van der Waals surface area contributed by atoms with E-state index in [1.54, 1.807) is 30.5 Å². The third kappa shape index (κ3) is 3.50. The molecular formula is C20H16N4O2S. The summed E-state index contributed by atoms with van der Waals surface area (Å²) in [5.41, 5.74) is 0.911. The Balaban J connectivity index is 1.80. The number of thiazole rings is 1. The van der Waals surface area contributed by atoms with Crippen LogP contribution in [0, 0.1) is 6.92 Å². The molecule has 0 bridgehead atoms. The number of benzene rings is 2. The Morgan fingerprint density at radius 1 is 1.07 bits per heavy atom. The summed E-state index contributed by atoms with van der Waals surface area (Å²) in [5.74, 6) is -0.387. The second-order valence-corrected chi connectivity index (χ2v) is 7.31. The Hall–Kier alpha value is -3.32. The summed E-state index contributed by atoms with van der Waals surface area (Å²) in [6.45, 7) is 2.21. The molecule has 134 valence electrons. The molecule has 1 amide bonds. The number of hydrogen-bond acceptors (Lipinski definition) is 5. The van der Waals surface area contributed by atoms with Crippen molar-refractivity contribution in [3.8, 4) is 0 Å². The van der Waals surface area contributed by atoms with Crippen molar-refractivity contribution in [2.75, 3.05) is 5.32 Å². The zero-order chi connectivity index (χ0) is 18.8. The summed E-state index contributed by atoms with van der Waals surface area (Å²) >= 11 is 1.39. The molecule has 0 unspecified atom stereocenters. The second-order valence-electron chi connectivity index (χ2n) is 6.07. The molecule has 0 radical (unpaired) electrons. The fourth-order valence-corrected chi connectivity index (χ4v) is 3.49. The van der Waals surface area contributed by atoms with Gasteiger partial charge in [0.05, 0.1) is 11.9 Å². The van der Waals surface area contributed by atoms with Crippen molar-refractivity contribution >= 4 is 33.1 Å². The largest absolute Gasteiger partial charge is 0.296 e. The molecule has 6 nitrogen and oxygen atoms in total. The molecule has 2 heterocycles. The Kier molecular flexibility index (Phi) is 4.52. The quantitative estimate of drug-likeness (QED) is 0.592. The minimum absolute atomic E-state index is 0.203. The van der Waals surface area contributed by atoms with Crippen LogP contribution in [-0.2, 0) is 6.54 Å². The molecular weight excluding hydrogens is 360 g/mol. The lowest BCUT2D eigenvalue weighted by Crippen LogP contribution is -2.28. The first-order valence-corrected chi connectivity index (χ1v) is 9.21. The smallest absolute Gasteiger partial charge is 0.278 e. The normalized spacial score (nSPS) is 10.9. The van der Waals surface area contributed by atoms with E-state index < -0.39 is 0 Å². The van der Waals surface area contributed by atoms with Crippen LogP contribution in [0.3, 0.4) is 0 Å². The summed E-state index contributed by atoms with van der Waals surface area (Å²) in [6.07, 6.45) is 1.70. The van der Waals surface area contributed by atoms with Gasteiger partial charge in [-0.15, -0.1) is 11.3 Å². The first-order chi connectivity index (χ1) is 13.1. The minimum Gasteiger partial charge on any atom is -0.296 e. The Morgan fingerprint density at radius 2 is 1.78 bits per heavy atom. The number of aryl methyl sites for hydroxylation is 1. The fourth-order valence-electron chi connectivity index (χ4n) is 2.84. The van der Waals surface area contributed by atoms with Gasteiger partial charge < -0.3 is 0 Å². The zero-order valence-corrected chi connectivity index (χ0v) is 15.4. The first-order valence-electron chi connectivity index (χ1n) is 8.39. The third-order valence-corrected chi connectivity index (χ3v) is 4.93. The molecule has 0 spiro atoms. The van der Waals surface area contributed by atoms with E-state index in [1.165, 1.54) is 16.0 Å². The van der Waals surface area contributed by atoms with Gasteiger partial charge in [0.25, 0.3) is 11.5 Å². The molecule has 0 saturated heterocycles. The number of aromatic nitrogens is 3. The van der Waals surface area contributed by atoms with Gasteiger partial charge in [-0.3, -0.25) is 14.9 Å². The average molecular weight is 376 g/mol. The van der Waals surface area contributed by atoms with Crippen molar-refractivity contribution < 1.29 is 4.79 Å². The molecule has 27 heavy (non-hydrogen) atoms. The second kappa shape index (κ2) is 7.13. The van der Waals surface area contributed by atoms with Crippen LogP contribution < -0.4 is 10.9 Å². The molecule has 0 saturated carbocycles. The fraction of sp³-hybridized carbons (Fsp3) is 0.100. The Morgan fingerprint density at radius 3 is 2.48 bits per heavy atom. The third-order valence-electron chi connectivity index (χ3n) is 4.10. The van der Waals surface area contributed by atoms with Gasteiger partial charge in [-0.05, 0) is 18.6 Å². The number of hydrogen-bond donors (Lipinski definition) is 1. The minimum atomic E-state index is -0.387. The molecule has 0 aliphatic rings. The monoisotopic (exact) mass is 376 g/mol. The topological polar surface area (TPSA) is 76.9 Å². The van der Waals surface area contributed by atoms with Gasteiger partial charge >= 0.3 is 0 Å². The predicted molar refractivity (Wildman–Crippen MR) is 106 cm³/mol. The van der Waals surface area contributed by atoms with Crippen molar-refractivity contribution in [3.63, 3.8) is 0 Å². The van der Waals surface area contributed by atoms with Gasteiger partial charge in [0.2, 0.25) is 0 Å². The predicted octanol–water partition coefficient (Wildman–Crippen LogP) is 3.46. The molecule has 7 heteroatoms. The number of nitrogens with zero attached hydrogens (tertiary/aromatic N) is 3. The van der Waals surface area contributed by atoms with E-state index in [4.69, 9.17) is 0 Å². The SMILES string of the molecule is Cc1cnc(NC(=O)c2nn(Cc3ccccc3)c(=O)c3ccccc23)s1. The number of rotatable bonds is 4. The highest BCUT2D eigenvalue weighted by atomic mass is 32.1. The maximum absolute atomic E-state index is 12.8. The van der Waals surface area contributed by atoms with E-state index in [-0.39, 0.29) is 17.2 Å². The standard InChI is InChI=1S/C20H16N4O2S/c1-13-11-21-20(27-13)22-18(25)17-15-9-5-6-10-16(15)19(26)24(23-17)12-14-7-3-2-4-8-14/h2-11H,12H2,1H3,(H,21,22,25). The van der Waals surface area contributed by atoms with E-state index in [2.05, 4.69) is 15.4 Å². The number of fused-ring (bicyclic) bond motifs is 1. The van der Waals surface area contributed by atoms with Crippen LogP contribution in [0.4, 0.5) is 5.13 Å². The van der Waals surface area contributed by atoms with Gasteiger partial charge in [0.1, 0.15) is 0 Å². The molecule has 1 N–H and O–H groups in total. The van der Waals surface area contributed by atoms with E-state index in [0.717, 1.165) is 10.4 Å². The van der Waals surface area contributed by atoms with E-state index in [1.807, 2.05) is 37.3 Å². The Labute approximate surface area is 159 Å². The highest BCUT2D eigenvalue weighted by molar-refractivity contribution is 7.15. The maximum Gasteiger partial charge on any atom is 0.278 e. The number of carbonyl (C=O) groups excluding carboxylic acids is 1. The summed E-state index contributed by atoms with van der Waals surface area (Å²) in [4.78, 5) is 30.8. The van der Waals surface area contributed by atoms with Gasteiger partial charge in [-0.2, -0.15) is 5.10 Å². The van der Waals surface area contributed by atoms with Crippen molar-refractivity contribution in [1.29, 1.82) is 0 Å². The number of carbonyl (C=O) groups is 1. The molecule has 2 aromatic heterocycles. The maximum atomic E-state index is 12.8. The van der Waals surface area contributed by atoms with Crippen LogP contribution in [0.2, 0.25) is 0 Å². The first kappa shape index (κ1) is 17.1. The van der Waals surface area contributed by atoms with Crippen LogP contribution in [-0.4, -0.2) is 20.7 Å². The molecule has 0 aliphatic heterocycles. The van der Waals surface area contributed by atoms with Gasteiger partial charge in [0, 0.05) is 16.5 Å². The van der Waals surface area contributed by atoms with Crippen LogP contribution in [0.25, 0.3) is 10.8 Å². The van der Waals surface area contributed by atoms with Crippen molar-refractivity contribution in [2.24, 2.45) is 0 Å². The number of amides is 1. The molecule has 2 aromatic carbocycles. The lowest BCUT2D eigenvalue weighted by Gasteiger charge is -2.10. The highest BCUT2D eigenvalue weighted by Crippen LogP contribution is 2.19. The van der Waals surface area contributed by atoms with Crippen molar-refractivity contribution in [1.82, 2.24) is 14.8 Å². The van der Waals surface area contributed by atoms with E-state index in [0.29, 0.717) is 22.4 Å². The summed E-state index contributed by atoms with van der Waals surface area (Å²) in [7, 11) is 0. The zero-order valence-electron chi connectivity index (χ0n) is 14.5. The van der Waals surface area contributed by atoms with Crippen LogP contribution >= 0.6 is 11.3 Å². The van der Waals surface area contributed by atoms with Crippen LogP contribution in [0.1, 0.15) is 20.9 Å². The van der Waals surface area contributed by atoms with Crippen molar-refractivity contribution in [2.45, 2.75) is 13.5 Å². The van der Waals surface area contributed by atoms with Crippen LogP contribution in [0.5, 0.6) is 0 Å². The molecule has 4 aromatic rings. The van der Waals surface area contributed by atoms with Crippen molar-refractivity contribution in [3.05, 3.63) is 87.3 Å². The van der Waals surface area contributed by atoms with Gasteiger partial charge in [0.15, 0.2) is 10.8 Å². The Bertz CT molecular complexity index is 1180. The van der Waals surface area contributed by atoms with E-state index >= 15 is 0 Å². The van der Waals surface area contributed by atoms with E-state index in [9.17, 15) is 9.59 Å². The lowest BCUT2D eigenvalue weighted by molar-refractivity contribution is 0.102. The molecule has 4 rings (SSSR count). The molecule has 0 aliphatic carbocycles. The summed E-state index contributed by atoms with van der Waals surface area (Å²) < 4.78 is 1.33. The lowest BCUT2D eigenvalue weighted by atomic mass is 10.1. The number of nitrogens with one attached hydrogen (secondary N) is 1. The van der Waals surface area contributed by atoms with Crippen LogP contribution in [0.15, 0.2) is 65.6 Å². The highest BCUT2D eigenvalue weighted by Gasteiger charge is 2.18. The number of anilines is 1.